The molecule has 0 saturated carbocycles. The quantitative estimate of drug-likeness (QED) is 0.320. The van der Waals surface area contributed by atoms with Crippen molar-refractivity contribution in [3.05, 3.63) is 111 Å². The Balaban J connectivity index is 1.66. The van der Waals surface area contributed by atoms with Crippen LogP contribution in [0.3, 0.4) is 0 Å². The first-order valence-corrected chi connectivity index (χ1v) is 12.2. The zero-order chi connectivity index (χ0) is 24.8. The molecule has 0 fully saturated rings. The van der Waals surface area contributed by atoms with E-state index in [1.54, 1.807) is 29.9 Å². The number of rotatable bonds is 8. The molecule has 0 radical (unpaired) electrons. The first kappa shape index (κ1) is 24.7. The van der Waals surface area contributed by atoms with Gasteiger partial charge in [0.05, 0.1) is 12.2 Å². The molecule has 35 heavy (non-hydrogen) atoms. The Morgan fingerprint density at radius 2 is 1.71 bits per heavy atom. The van der Waals surface area contributed by atoms with Crippen LogP contribution >= 0.6 is 27.5 Å². The van der Waals surface area contributed by atoms with Crippen molar-refractivity contribution in [3.63, 3.8) is 0 Å². The molecule has 1 aromatic heterocycles. The van der Waals surface area contributed by atoms with E-state index in [0.29, 0.717) is 29.4 Å². The van der Waals surface area contributed by atoms with E-state index in [-0.39, 0.29) is 11.8 Å². The summed E-state index contributed by atoms with van der Waals surface area (Å²) in [6.45, 7) is 0.403. The summed E-state index contributed by atoms with van der Waals surface area (Å²) < 4.78 is 2.56. The van der Waals surface area contributed by atoms with Crippen molar-refractivity contribution in [1.29, 1.82) is 0 Å². The van der Waals surface area contributed by atoms with Crippen molar-refractivity contribution in [2.24, 2.45) is 0 Å². The molecule has 6 nitrogen and oxygen atoms in total. The Labute approximate surface area is 217 Å². The molecule has 3 aromatic carbocycles. The fourth-order valence-electron chi connectivity index (χ4n) is 3.78. The fourth-order valence-corrected chi connectivity index (χ4v) is 4.42. The highest BCUT2D eigenvalue weighted by molar-refractivity contribution is 9.10. The van der Waals surface area contributed by atoms with Crippen LogP contribution in [0.1, 0.15) is 21.6 Å². The number of amides is 2. The van der Waals surface area contributed by atoms with E-state index in [4.69, 9.17) is 16.7 Å². The largest absolute Gasteiger partial charge is 0.357 e. The molecular weight excluding hydrogens is 528 g/mol. The summed E-state index contributed by atoms with van der Waals surface area (Å²) >= 11 is 9.64. The third-order valence-electron chi connectivity index (χ3n) is 5.51. The van der Waals surface area contributed by atoms with Crippen LogP contribution in [-0.4, -0.2) is 34.7 Å². The van der Waals surface area contributed by atoms with E-state index in [9.17, 15) is 9.59 Å². The van der Waals surface area contributed by atoms with E-state index in [2.05, 4.69) is 26.6 Å². The number of hydrogen-bond donors (Lipinski definition) is 2. The molecule has 1 unspecified atom stereocenters. The third kappa shape index (κ3) is 6.38. The number of nitrogens with one attached hydrogen (secondary N) is 2. The smallest absolute Gasteiger partial charge is 0.270 e. The third-order valence-corrected chi connectivity index (χ3v) is 6.23. The first-order chi connectivity index (χ1) is 16.9. The van der Waals surface area contributed by atoms with Gasteiger partial charge in [-0.1, -0.05) is 82.1 Å². The van der Waals surface area contributed by atoms with Gasteiger partial charge in [0.2, 0.25) is 5.91 Å². The van der Waals surface area contributed by atoms with Crippen LogP contribution in [-0.2, 0) is 17.8 Å². The van der Waals surface area contributed by atoms with Crippen LogP contribution in [0, 0.1) is 0 Å². The number of benzene rings is 3. The summed E-state index contributed by atoms with van der Waals surface area (Å²) in [6, 6.07) is 25.7. The number of carbonyl (C=O) groups is 2. The SMILES string of the molecule is CNC(=O)C(Cc1cccc(Br)c1)NC(=O)c1cc(-c2cccc(Cl)c2)nn1Cc1ccccc1. The van der Waals surface area contributed by atoms with Crippen LogP contribution in [0.4, 0.5) is 0 Å². The summed E-state index contributed by atoms with van der Waals surface area (Å²) in [6.07, 6.45) is 0.346. The zero-order valence-electron chi connectivity index (χ0n) is 19.0. The lowest BCUT2D eigenvalue weighted by molar-refractivity contribution is -0.122. The van der Waals surface area contributed by atoms with Gasteiger partial charge in [-0.3, -0.25) is 14.3 Å². The van der Waals surface area contributed by atoms with Crippen molar-refractivity contribution in [3.8, 4) is 11.3 Å². The Hall–Kier alpha value is -3.42. The van der Waals surface area contributed by atoms with Crippen LogP contribution in [0.15, 0.2) is 89.4 Å². The maximum absolute atomic E-state index is 13.5. The average Bonchev–Trinajstić information content (AvgIpc) is 3.27. The summed E-state index contributed by atoms with van der Waals surface area (Å²) in [4.78, 5) is 26.1. The summed E-state index contributed by atoms with van der Waals surface area (Å²) in [5, 5.41) is 10.8. The fraction of sp³-hybridized carbons (Fsp3) is 0.148. The lowest BCUT2D eigenvalue weighted by atomic mass is 10.0. The first-order valence-electron chi connectivity index (χ1n) is 11.1. The van der Waals surface area contributed by atoms with Crippen LogP contribution < -0.4 is 10.6 Å². The molecule has 0 aliphatic carbocycles. The summed E-state index contributed by atoms with van der Waals surface area (Å²) in [7, 11) is 1.55. The monoisotopic (exact) mass is 550 g/mol. The molecule has 2 amide bonds. The van der Waals surface area contributed by atoms with E-state index in [0.717, 1.165) is 21.2 Å². The van der Waals surface area contributed by atoms with Gasteiger partial charge in [-0.15, -0.1) is 0 Å². The van der Waals surface area contributed by atoms with Crippen molar-refractivity contribution in [2.45, 2.75) is 19.0 Å². The van der Waals surface area contributed by atoms with Crippen molar-refractivity contribution in [1.82, 2.24) is 20.4 Å². The molecule has 0 aliphatic heterocycles. The van der Waals surface area contributed by atoms with Gasteiger partial charge in [0.25, 0.3) is 5.91 Å². The second kappa shape index (κ2) is 11.3. The predicted molar refractivity (Wildman–Crippen MR) is 141 cm³/mol. The number of hydrogen-bond acceptors (Lipinski definition) is 3. The van der Waals surface area contributed by atoms with Gasteiger partial charge in [-0.2, -0.15) is 5.10 Å². The van der Waals surface area contributed by atoms with Crippen molar-refractivity contribution < 1.29 is 9.59 Å². The van der Waals surface area contributed by atoms with Crippen molar-refractivity contribution in [2.75, 3.05) is 7.05 Å². The van der Waals surface area contributed by atoms with Crippen LogP contribution in [0.5, 0.6) is 0 Å². The van der Waals surface area contributed by atoms with Crippen LogP contribution in [0.25, 0.3) is 11.3 Å². The second-order valence-electron chi connectivity index (χ2n) is 8.04. The Kier molecular flexibility index (Phi) is 8.00. The minimum absolute atomic E-state index is 0.275. The maximum atomic E-state index is 13.5. The Morgan fingerprint density at radius 1 is 0.971 bits per heavy atom. The molecule has 4 aromatic rings. The number of halogens is 2. The predicted octanol–water partition coefficient (Wildman–Crippen LogP) is 5.10. The molecule has 1 atom stereocenters. The molecule has 0 aliphatic rings. The lowest BCUT2D eigenvalue weighted by Gasteiger charge is -2.18. The molecule has 8 heteroatoms. The van der Waals surface area contributed by atoms with Gasteiger partial charge in [0.1, 0.15) is 11.7 Å². The van der Waals surface area contributed by atoms with Gasteiger partial charge in [0.15, 0.2) is 0 Å². The number of carbonyl (C=O) groups excluding carboxylic acids is 2. The average molecular weight is 552 g/mol. The minimum Gasteiger partial charge on any atom is -0.357 e. The molecule has 4 rings (SSSR count). The summed E-state index contributed by atoms with van der Waals surface area (Å²) in [5.74, 6) is -0.659. The molecule has 0 saturated heterocycles. The van der Waals surface area contributed by atoms with Gasteiger partial charge in [0, 0.05) is 28.5 Å². The van der Waals surface area contributed by atoms with E-state index < -0.39 is 6.04 Å². The van der Waals surface area contributed by atoms with Crippen molar-refractivity contribution >= 4 is 39.3 Å². The number of aromatic nitrogens is 2. The van der Waals surface area contributed by atoms with E-state index >= 15 is 0 Å². The molecule has 178 valence electrons. The molecule has 1 heterocycles. The molecular formula is C27H24BrClN4O2. The Morgan fingerprint density at radius 3 is 2.43 bits per heavy atom. The highest BCUT2D eigenvalue weighted by atomic mass is 79.9. The lowest BCUT2D eigenvalue weighted by Crippen LogP contribution is -2.47. The second-order valence-corrected chi connectivity index (χ2v) is 9.39. The van der Waals surface area contributed by atoms with Gasteiger partial charge >= 0.3 is 0 Å². The summed E-state index contributed by atoms with van der Waals surface area (Å²) in [5.41, 5.74) is 3.70. The standard InChI is InChI=1S/C27H24BrClN4O2/c1-30-26(34)24(14-19-9-5-11-21(28)13-19)31-27(35)25-16-23(20-10-6-12-22(29)15-20)32-33(25)17-18-7-3-2-4-8-18/h2-13,15-16,24H,14,17H2,1H3,(H,30,34)(H,31,35). The van der Waals surface area contributed by atoms with Gasteiger partial charge < -0.3 is 10.6 Å². The minimum atomic E-state index is -0.753. The number of likely N-dealkylation sites (N-methyl/N-ethyl adjacent to an activating group) is 1. The van der Waals surface area contributed by atoms with Gasteiger partial charge in [-0.05, 0) is 41.5 Å². The molecule has 2 N–H and O–H groups in total. The zero-order valence-corrected chi connectivity index (χ0v) is 21.4. The topological polar surface area (TPSA) is 76.0 Å². The number of nitrogens with zero attached hydrogens (tertiary/aromatic N) is 2. The van der Waals surface area contributed by atoms with Crippen LogP contribution in [0.2, 0.25) is 5.02 Å². The molecule has 0 bridgehead atoms. The van der Waals surface area contributed by atoms with E-state index in [1.807, 2.05) is 66.7 Å². The maximum Gasteiger partial charge on any atom is 0.270 e. The Bertz CT molecular complexity index is 1340. The van der Waals surface area contributed by atoms with E-state index in [1.165, 1.54) is 0 Å². The highest BCUT2D eigenvalue weighted by Crippen LogP contribution is 2.23. The highest BCUT2D eigenvalue weighted by Gasteiger charge is 2.24. The normalized spacial score (nSPS) is 11.6. The molecule has 0 spiro atoms. The van der Waals surface area contributed by atoms with Gasteiger partial charge in [-0.25, -0.2) is 0 Å².